The lowest BCUT2D eigenvalue weighted by atomic mass is 9.98. The van der Waals surface area contributed by atoms with Gasteiger partial charge in [-0.3, -0.25) is 14.5 Å². The molecule has 1 aromatic heterocycles. The van der Waals surface area contributed by atoms with Crippen LogP contribution in [0.2, 0.25) is 0 Å². The number of halogens is 1. The average molecular weight is 319 g/mol. The first kappa shape index (κ1) is 15.5. The predicted octanol–water partition coefficient (Wildman–Crippen LogP) is 2.04. The third-order valence-electron chi connectivity index (χ3n) is 4.15. The molecule has 3 rings (SSSR count). The van der Waals surface area contributed by atoms with Crippen molar-refractivity contribution in [1.29, 1.82) is 0 Å². The highest BCUT2D eigenvalue weighted by molar-refractivity contribution is 6.02. The summed E-state index contributed by atoms with van der Waals surface area (Å²) in [5.41, 5.74) is 1.01. The summed E-state index contributed by atoms with van der Waals surface area (Å²) < 4.78 is 13.9. The molecule has 1 atom stereocenters. The molecule has 1 aromatic carbocycles. The molecule has 122 valence electrons. The molecular formula is C16H18FN3O3. The number of likely N-dealkylation sites (tertiary alicyclic amines) is 1. The quantitative estimate of drug-likeness (QED) is 0.805. The number of aliphatic carboxylic acids is 1. The Morgan fingerprint density at radius 1 is 1.43 bits per heavy atom. The molecule has 7 heteroatoms. The summed E-state index contributed by atoms with van der Waals surface area (Å²) in [4.78, 5) is 28.0. The maximum Gasteiger partial charge on any atom is 0.307 e. The average Bonchev–Trinajstić information content (AvgIpc) is 2.91. The molecule has 0 aliphatic carbocycles. The number of hydrogen-bond acceptors (Lipinski definition) is 3. The Morgan fingerprint density at radius 2 is 2.26 bits per heavy atom. The Morgan fingerprint density at radius 3 is 3.04 bits per heavy atom. The number of nitrogens with zero attached hydrogens (tertiary/aromatic N) is 1. The zero-order valence-corrected chi connectivity index (χ0v) is 12.5. The van der Waals surface area contributed by atoms with Crippen molar-refractivity contribution in [3.8, 4) is 0 Å². The van der Waals surface area contributed by atoms with Gasteiger partial charge in [-0.25, -0.2) is 4.39 Å². The first-order valence-electron chi connectivity index (χ1n) is 7.55. The van der Waals surface area contributed by atoms with Crippen molar-refractivity contribution < 1.29 is 19.1 Å². The molecule has 1 unspecified atom stereocenters. The number of nitrogens with one attached hydrogen (secondary N) is 2. The summed E-state index contributed by atoms with van der Waals surface area (Å²) in [6.07, 6.45) is 2.95. The van der Waals surface area contributed by atoms with E-state index in [1.807, 2.05) is 4.90 Å². The third-order valence-corrected chi connectivity index (χ3v) is 4.15. The van der Waals surface area contributed by atoms with Crippen LogP contribution >= 0.6 is 0 Å². The first-order chi connectivity index (χ1) is 11.0. The number of carboxylic acids is 1. The fraction of sp³-hybridized carbons (Fsp3) is 0.375. The molecule has 1 saturated heterocycles. The Bertz CT molecular complexity index is 743. The van der Waals surface area contributed by atoms with Crippen LogP contribution in [0, 0.1) is 11.7 Å². The Hall–Kier alpha value is -2.41. The van der Waals surface area contributed by atoms with Gasteiger partial charge in [-0.15, -0.1) is 0 Å². The number of rotatable bonds is 4. The molecular weight excluding hydrogens is 301 g/mol. The highest BCUT2D eigenvalue weighted by Crippen LogP contribution is 2.25. The number of amides is 1. The molecule has 23 heavy (non-hydrogen) atoms. The van der Waals surface area contributed by atoms with Crippen LogP contribution in [0.5, 0.6) is 0 Å². The minimum absolute atomic E-state index is 0.102. The zero-order chi connectivity index (χ0) is 16.4. The summed E-state index contributed by atoms with van der Waals surface area (Å²) in [5, 5.41) is 12.1. The molecule has 1 aliphatic rings. The molecule has 0 saturated carbocycles. The van der Waals surface area contributed by atoms with E-state index >= 15 is 0 Å². The van der Waals surface area contributed by atoms with Gasteiger partial charge in [-0.2, -0.15) is 0 Å². The lowest BCUT2D eigenvalue weighted by Crippen LogP contribution is -2.42. The van der Waals surface area contributed by atoms with Crippen LogP contribution in [-0.2, 0) is 9.59 Å². The van der Waals surface area contributed by atoms with Crippen molar-refractivity contribution in [2.45, 2.75) is 12.8 Å². The molecule has 1 fully saturated rings. The van der Waals surface area contributed by atoms with E-state index in [0.29, 0.717) is 36.1 Å². The molecule has 1 amide bonds. The monoisotopic (exact) mass is 319 g/mol. The predicted molar refractivity (Wildman–Crippen MR) is 83.7 cm³/mol. The van der Waals surface area contributed by atoms with Gasteiger partial charge >= 0.3 is 5.97 Å². The maximum absolute atomic E-state index is 13.9. The van der Waals surface area contributed by atoms with Crippen LogP contribution < -0.4 is 5.32 Å². The van der Waals surface area contributed by atoms with Gasteiger partial charge in [0.1, 0.15) is 5.82 Å². The van der Waals surface area contributed by atoms with Gasteiger partial charge < -0.3 is 15.4 Å². The van der Waals surface area contributed by atoms with Crippen LogP contribution in [0.4, 0.5) is 10.1 Å². The summed E-state index contributed by atoms with van der Waals surface area (Å²) in [5.74, 6) is -1.93. The van der Waals surface area contributed by atoms with Crippen LogP contribution in [0.3, 0.4) is 0 Å². The number of piperidine rings is 1. The van der Waals surface area contributed by atoms with Gasteiger partial charge in [-0.1, -0.05) is 6.07 Å². The highest BCUT2D eigenvalue weighted by atomic mass is 19.1. The number of hydrogen-bond donors (Lipinski definition) is 3. The summed E-state index contributed by atoms with van der Waals surface area (Å²) in [6.45, 7) is 1.16. The molecule has 3 N–H and O–H groups in total. The van der Waals surface area contributed by atoms with Gasteiger partial charge in [0, 0.05) is 12.7 Å². The van der Waals surface area contributed by atoms with Gasteiger partial charge in [-0.05, 0) is 31.5 Å². The number of anilines is 1. The number of carbonyl (C=O) groups is 2. The topological polar surface area (TPSA) is 85.4 Å². The van der Waals surface area contributed by atoms with Crippen LogP contribution in [0.15, 0.2) is 24.4 Å². The molecule has 1 aliphatic heterocycles. The summed E-state index contributed by atoms with van der Waals surface area (Å²) >= 11 is 0. The van der Waals surface area contributed by atoms with Crippen molar-refractivity contribution >= 4 is 28.5 Å². The second-order valence-electron chi connectivity index (χ2n) is 5.83. The number of aromatic amines is 1. The number of aromatic nitrogens is 1. The maximum atomic E-state index is 13.9. The normalized spacial score (nSPS) is 18.9. The SMILES string of the molecule is O=C(CN1CCCC(C(=O)O)C1)Nc1c[nH]c2cccc(F)c12. The Labute approximate surface area is 132 Å². The van der Waals surface area contributed by atoms with E-state index in [0.717, 1.165) is 6.42 Å². The molecule has 0 bridgehead atoms. The molecule has 0 radical (unpaired) electrons. The van der Waals surface area contributed by atoms with E-state index in [1.165, 1.54) is 6.07 Å². The lowest BCUT2D eigenvalue weighted by Gasteiger charge is -2.29. The summed E-state index contributed by atoms with van der Waals surface area (Å²) in [7, 11) is 0. The van der Waals surface area contributed by atoms with E-state index in [2.05, 4.69) is 10.3 Å². The fourth-order valence-electron chi connectivity index (χ4n) is 3.03. The van der Waals surface area contributed by atoms with E-state index < -0.39 is 17.7 Å². The standard InChI is InChI=1S/C16H18FN3O3/c17-11-4-1-5-12-15(11)13(7-18-12)19-14(21)9-20-6-2-3-10(8-20)16(22)23/h1,4-5,7,10,18H,2-3,6,8-9H2,(H,19,21)(H,22,23). The molecule has 2 aromatic rings. The van der Waals surface area contributed by atoms with Crippen LogP contribution in [0.25, 0.3) is 10.9 Å². The zero-order valence-electron chi connectivity index (χ0n) is 12.5. The first-order valence-corrected chi connectivity index (χ1v) is 7.55. The van der Waals surface area contributed by atoms with Crippen molar-refractivity contribution in [3.63, 3.8) is 0 Å². The van der Waals surface area contributed by atoms with Crippen LogP contribution in [-0.4, -0.2) is 46.5 Å². The second kappa shape index (κ2) is 6.37. The van der Waals surface area contributed by atoms with E-state index in [4.69, 9.17) is 5.11 Å². The third kappa shape index (κ3) is 3.34. The van der Waals surface area contributed by atoms with Gasteiger partial charge in [0.2, 0.25) is 5.91 Å². The molecule has 6 nitrogen and oxygen atoms in total. The smallest absolute Gasteiger partial charge is 0.307 e. The van der Waals surface area contributed by atoms with Crippen molar-refractivity contribution in [3.05, 3.63) is 30.2 Å². The number of benzene rings is 1. The summed E-state index contributed by atoms with van der Waals surface area (Å²) in [6, 6.07) is 4.67. The minimum Gasteiger partial charge on any atom is -0.481 e. The fourth-order valence-corrected chi connectivity index (χ4v) is 3.03. The van der Waals surface area contributed by atoms with Crippen molar-refractivity contribution in [1.82, 2.24) is 9.88 Å². The van der Waals surface area contributed by atoms with E-state index in [9.17, 15) is 14.0 Å². The number of H-pyrrole nitrogens is 1. The highest BCUT2D eigenvalue weighted by Gasteiger charge is 2.26. The minimum atomic E-state index is -0.825. The van der Waals surface area contributed by atoms with Crippen LogP contribution in [0.1, 0.15) is 12.8 Å². The van der Waals surface area contributed by atoms with Gasteiger partial charge in [0.15, 0.2) is 0 Å². The van der Waals surface area contributed by atoms with Gasteiger partial charge in [0.25, 0.3) is 0 Å². The lowest BCUT2D eigenvalue weighted by molar-refractivity contribution is -0.144. The number of carboxylic acid groups (broad SMARTS) is 1. The van der Waals surface area contributed by atoms with Crippen molar-refractivity contribution in [2.75, 3.05) is 25.0 Å². The number of carbonyl (C=O) groups excluding carboxylic acids is 1. The molecule has 0 spiro atoms. The second-order valence-corrected chi connectivity index (χ2v) is 5.83. The van der Waals surface area contributed by atoms with E-state index in [-0.39, 0.29) is 12.5 Å². The number of fused-ring (bicyclic) bond motifs is 1. The Balaban J connectivity index is 1.66. The Kier molecular flexibility index (Phi) is 4.29. The van der Waals surface area contributed by atoms with E-state index in [1.54, 1.807) is 18.3 Å². The van der Waals surface area contributed by atoms with Gasteiger partial charge in [0.05, 0.1) is 29.1 Å². The molecule has 2 heterocycles. The largest absolute Gasteiger partial charge is 0.481 e. The van der Waals surface area contributed by atoms with Crippen molar-refractivity contribution in [2.24, 2.45) is 5.92 Å².